The number of aryl methyl sites for hydroxylation is 1. The number of hydrogen-bond donors (Lipinski definition) is 3. The van der Waals surface area contributed by atoms with Gasteiger partial charge in [0, 0.05) is 12.1 Å². The van der Waals surface area contributed by atoms with E-state index in [9.17, 15) is 18.0 Å². The molecule has 1 atom stereocenters. The van der Waals surface area contributed by atoms with E-state index in [0.29, 0.717) is 16.9 Å². The van der Waals surface area contributed by atoms with Crippen LogP contribution in [-0.4, -0.2) is 32.7 Å². The van der Waals surface area contributed by atoms with Crippen molar-refractivity contribution in [3.05, 3.63) is 95.6 Å². The minimum absolute atomic E-state index is 0.0742. The van der Waals surface area contributed by atoms with Crippen molar-refractivity contribution >= 4 is 33.4 Å². The molecule has 1 unspecified atom stereocenters. The average molecular weight is 482 g/mol. The average Bonchev–Trinajstić information content (AvgIpc) is 2.80. The second-order valence-corrected chi connectivity index (χ2v) is 9.59. The van der Waals surface area contributed by atoms with Crippen LogP contribution in [0.2, 0.25) is 0 Å². The molecule has 0 radical (unpaired) electrons. The Morgan fingerprint density at radius 3 is 2.15 bits per heavy atom. The number of hydrogen-bond acceptors (Lipinski definition) is 5. The molecule has 0 aliphatic rings. The third-order valence-corrected chi connectivity index (χ3v) is 5.50. The predicted molar refractivity (Wildman–Crippen MR) is 132 cm³/mol. The third-order valence-electron chi connectivity index (χ3n) is 4.90. The summed E-state index contributed by atoms with van der Waals surface area (Å²) in [5.74, 6) is -0.463. The molecule has 0 aromatic heterocycles. The quantitative estimate of drug-likeness (QED) is 0.430. The Hall–Kier alpha value is -3.85. The summed E-state index contributed by atoms with van der Waals surface area (Å²) in [6.07, 6.45) is 0.578. The number of sulfonamides is 1. The van der Waals surface area contributed by atoms with Crippen LogP contribution in [0.4, 0.5) is 16.2 Å². The molecule has 8 nitrogen and oxygen atoms in total. The van der Waals surface area contributed by atoms with Gasteiger partial charge in [0.15, 0.2) is 0 Å². The zero-order valence-electron chi connectivity index (χ0n) is 18.9. The highest BCUT2D eigenvalue weighted by Gasteiger charge is 2.22. The minimum Gasteiger partial charge on any atom is -0.445 e. The van der Waals surface area contributed by atoms with E-state index < -0.39 is 28.1 Å². The molecular formula is C25H27N3O5S. The molecule has 3 aromatic rings. The summed E-state index contributed by atoms with van der Waals surface area (Å²) in [6.45, 7) is 1.83. The first kappa shape index (κ1) is 24.8. The van der Waals surface area contributed by atoms with Gasteiger partial charge in [0.25, 0.3) is 0 Å². The van der Waals surface area contributed by atoms with Gasteiger partial charge in [0.2, 0.25) is 15.9 Å². The molecule has 3 N–H and O–H groups in total. The van der Waals surface area contributed by atoms with Gasteiger partial charge in [-0.15, -0.1) is 0 Å². The molecule has 0 spiro atoms. The Morgan fingerprint density at radius 1 is 0.912 bits per heavy atom. The fourth-order valence-corrected chi connectivity index (χ4v) is 3.82. The normalized spacial score (nSPS) is 11.8. The largest absolute Gasteiger partial charge is 0.445 e. The van der Waals surface area contributed by atoms with Crippen LogP contribution in [0.25, 0.3) is 0 Å². The van der Waals surface area contributed by atoms with E-state index in [1.54, 1.807) is 19.1 Å². The fraction of sp³-hybridized carbons (Fsp3) is 0.200. The van der Waals surface area contributed by atoms with E-state index in [2.05, 4.69) is 15.4 Å². The fourth-order valence-electron chi connectivity index (χ4n) is 3.20. The lowest BCUT2D eigenvalue weighted by molar-refractivity contribution is -0.118. The van der Waals surface area contributed by atoms with Gasteiger partial charge in [-0.3, -0.25) is 9.52 Å². The van der Waals surface area contributed by atoms with Gasteiger partial charge >= 0.3 is 6.09 Å². The lowest BCUT2D eigenvalue weighted by Crippen LogP contribution is -2.45. The molecule has 0 aliphatic carbocycles. The topological polar surface area (TPSA) is 114 Å². The maximum Gasteiger partial charge on any atom is 0.408 e. The molecule has 178 valence electrons. The van der Waals surface area contributed by atoms with Crippen molar-refractivity contribution in [1.82, 2.24) is 5.32 Å². The van der Waals surface area contributed by atoms with Gasteiger partial charge < -0.3 is 15.4 Å². The number of ether oxygens (including phenoxy) is 1. The molecule has 9 heteroatoms. The smallest absolute Gasteiger partial charge is 0.408 e. The van der Waals surface area contributed by atoms with Crippen molar-refractivity contribution in [3.63, 3.8) is 0 Å². The maximum absolute atomic E-state index is 13.1. The number of rotatable bonds is 9. The first-order chi connectivity index (χ1) is 16.2. The molecule has 0 bridgehead atoms. The summed E-state index contributed by atoms with van der Waals surface area (Å²) in [7, 11) is -3.48. The van der Waals surface area contributed by atoms with Gasteiger partial charge in [0.05, 0.1) is 11.9 Å². The highest BCUT2D eigenvalue weighted by Crippen LogP contribution is 2.21. The van der Waals surface area contributed by atoms with Crippen molar-refractivity contribution in [1.29, 1.82) is 0 Å². The lowest BCUT2D eigenvalue weighted by atomic mass is 10.1. The Morgan fingerprint density at radius 2 is 1.53 bits per heavy atom. The number of carbonyl (C=O) groups excluding carboxylic acids is 2. The molecule has 0 saturated heterocycles. The standard InChI is InChI=1S/C25H27N3O5S/c1-18-13-14-21(16-22(18)28-34(2,31)32)26-24(29)23(15-19-9-5-3-6-10-19)27-25(30)33-17-20-11-7-4-8-12-20/h3-14,16,23,28H,15,17H2,1-2H3,(H,26,29)(H,27,30). The predicted octanol–water partition coefficient (Wildman–Crippen LogP) is 3.84. The Kier molecular flexibility index (Phi) is 8.26. The first-order valence-corrected chi connectivity index (χ1v) is 12.5. The Balaban J connectivity index is 1.72. The van der Waals surface area contributed by atoms with E-state index in [1.165, 1.54) is 6.07 Å². The highest BCUT2D eigenvalue weighted by molar-refractivity contribution is 7.92. The van der Waals surface area contributed by atoms with Gasteiger partial charge in [-0.25, -0.2) is 13.2 Å². The molecular weight excluding hydrogens is 454 g/mol. The highest BCUT2D eigenvalue weighted by atomic mass is 32.2. The molecule has 34 heavy (non-hydrogen) atoms. The van der Waals surface area contributed by atoms with E-state index in [-0.39, 0.29) is 13.0 Å². The summed E-state index contributed by atoms with van der Waals surface area (Å²) >= 11 is 0. The second kappa shape index (κ2) is 11.3. The maximum atomic E-state index is 13.1. The van der Waals surface area contributed by atoms with Crippen molar-refractivity contribution in [2.24, 2.45) is 0 Å². The molecule has 0 fully saturated rings. The van der Waals surface area contributed by atoms with Crippen LogP contribution in [0.1, 0.15) is 16.7 Å². The number of alkyl carbamates (subject to hydrolysis) is 1. The van der Waals surface area contributed by atoms with E-state index in [0.717, 1.165) is 17.4 Å². The van der Waals surface area contributed by atoms with Crippen molar-refractivity contribution < 1.29 is 22.7 Å². The molecule has 0 saturated carbocycles. The van der Waals surface area contributed by atoms with Crippen LogP contribution < -0.4 is 15.4 Å². The Bertz CT molecular complexity index is 1230. The molecule has 0 heterocycles. The van der Waals surface area contributed by atoms with Gasteiger partial charge in [-0.05, 0) is 35.7 Å². The number of anilines is 2. The van der Waals surface area contributed by atoms with Crippen LogP contribution in [0.5, 0.6) is 0 Å². The molecule has 3 rings (SSSR count). The molecule has 3 aromatic carbocycles. The third kappa shape index (κ3) is 7.93. The Labute approximate surface area is 199 Å². The summed E-state index contributed by atoms with van der Waals surface area (Å²) in [4.78, 5) is 25.5. The number of benzene rings is 3. The van der Waals surface area contributed by atoms with E-state index in [4.69, 9.17) is 4.74 Å². The number of nitrogens with one attached hydrogen (secondary N) is 3. The van der Waals surface area contributed by atoms with Crippen LogP contribution in [-0.2, 0) is 32.6 Å². The van der Waals surface area contributed by atoms with Crippen molar-refractivity contribution in [2.75, 3.05) is 16.3 Å². The van der Waals surface area contributed by atoms with Crippen LogP contribution >= 0.6 is 0 Å². The van der Waals surface area contributed by atoms with E-state index in [1.807, 2.05) is 60.7 Å². The zero-order valence-corrected chi connectivity index (χ0v) is 19.8. The summed E-state index contributed by atoms with van der Waals surface area (Å²) < 4.78 is 31.0. The summed E-state index contributed by atoms with van der Waals surface area (Å²) in [5, 5.41) is 5.39. The van der Waals surface area contributed by atoms with Crippen molar-refractivity contribution in [2.45, 2.75) is 26.0 Å². The minimum atomic E-state index is -3.48. The summed E-state index contributed by atoms with van der Waals surface area (Å²) in [5.41, 5.74) is 3.13. The van der Waals surface area contributed by atoms with Gasteiger partial charge in [-0.1, -0.05) is 66.7 Å². The monoisotopic (exact) mass is 481 g/mol. The van der Waals surface area contributed by atoms with E-state index >= 15 is 0 Å². The molecule has 2 amide bonds. The molecule has 0 aliphatic heterocycles. The van der Waals surface area contributed by atoms with Crippen LogP contribution in [0.3, 0.4) is 0 Å². The zero-order chi connectivity index (χ0) is 24.6. The summed E-state index contributed by atoms with van der Waals surface area (Å²) in [6, 6.07) is 22.5. The lowest BCUT2D eigenvalue weighted by Gasteiger charge is -2.19. The number of carbonyl (C=O) groups is 2. The first-order valence-electron chi connectivity index (χ1n) is 10.6. The SMILES string of the molecule is Cc1ccc(NC(=O)C(Cc2ccccc2)NC(=O)OCc2ccccc2)cc1NS(C)(=O)=O. The second-order valence-electron chi connectivity index (χ2n) is 7.84. The van der Waals surface area contributed by atoms with Crippen LogP contribution in [0, 0.1) is 6.92 Å². The van der Waals surface area contributed by atoms with Crippen LogP contribution in [0.15, 0.2) is 78.9 Å². The van der Waals surface area contributed by atoms with Crippen molar-refractivity contribution in [3.8, 4) is 0 Å². The van der Waals surface area contributed by atoms with Gasteiger partial charge in [-0.2, -0.15) is 0 Å². The number of amides is 2. The van der Waals surface area contributed by atoms with Gasteiger partial charge in [0.1, 0.15) is 12.6 Å².